The number of halogens is 1. The minimum atomic E-state index is 0.478. The van der Waals surface area contributed by atoms with Crippen LogP contribution in [0, 0.1) is 18.3 Å². The molecule has 3 nitrogen and oxygen atoms in total. The molecule has 21 heavy (non-hydrogen) atoms. The smallest absolute Gasteiger partial charge is 0.149 e. The van der Waals surface area contributed by atoms with E-state index in [0.29, 0.717) is 16.4 Å². The summed E-state index contributed by atoms with van der Waals surface area (Å²) in [5.74, 6) is 0.568. The molecule has 1 heterocycles. The normalized spacial score (nSPS) is 11.6. The second-order valence-corrected chi connectivity index (χ2v) is 5.27. The van der Waals surface area contributed by atoms with Crippen LogP contribution < -0.4 is 0 Å². The van der Waals surface area contributed by atoms with Crippen molar-refractivity contribution < 1.29 is 0 Å². The van der Waals surface area contributed by atoms with Gasteiger partial charge in [0.1, 0.15) is 11.9 Å². The minimum absolute atomic E-state index is 0.478. The van der Waals surface area contributed by atoms with Crippen molar-refractivity contribution in [2.75, 3.05) is 0 Å². The molecule has 0 amide bonds. The van der Waals surface area contributed by atoms with E-state index >= 15 is 0 Å². The number of aryl methyl sites for hydroxylation is 1. The van der Waals surface area contributed by atoms with Gasteiger partial charge in [-0.1, -0.05) is 29.8 Å². The van der Waals surface area contributed by atoms with Crippen LogP contribution in [0.15, 0.2) is 42.5 Å². The van der Waals surface area contributed by atoms with Crippen LogP contribution in [0.1, 0.15) is 17.0 Å². The molecule has 0 atom stereocenters. The molecule has 0 bridgehead atoms. The van der Waals surface area contributed by atoms with Crippen molar-refractivity contribution >= 4 is 34.3 Å². The van der Waals surface area contributed by atoms with Crippen molar-refractivity contribution in [2.24, 2.45) is 0 Å². The Morgan fingerprint density at radius 2 is 2.14 bits per heavy atom. The van der Waals surface area contributed by atoms with Crippen molar-refractivity contribution in [3.8, 4) is 6.07 Å². The van der Waals surface area contributed by atoms with Crippen LogP contribution in [-0.4, -0.2) is 9.97 Å². The van der Waals surface area contributed by atoms with Crippen molar-refractivity contribution in [1.82, 2.24) is 9.97 Å². The summed E-state index contributed by atoms with van der Waals surface area (Å²) < 4.78 is 0. The number of hydrogen-bond donors (Lipinski definition) is 1. The fourth-order valence-corrected chi connectivity index (χ4v) is 2.37. The summed E-state index contributed by atoms with van der Waals surface area (Å²) in [6.07, 6.45) is 1.77. The first-order chi connectivity index (χ1) is 10.2. The molecule has 0 spiro atoms. The van der Waals surface area contributed by atoms with Gasteiger partial charge in [0.05, 0.1) is 16.6 Å². The number of nitrogens with zero attached hydrogens (tertiary/aromatic N) is 2. The van der Waals surface area contributed by atoms with Gasteiger partial charge in [0.15, 0.2) is 0 Å². The molecule has 2 aromatic carbocycles. The summed E-state index contributed by atoms with van der Waals surface area (Å²) in [5.41, 5.74) is 4.27. The third-order valence-electron chi connectivity index (χ3n) is 3.17. The van der Waals surface area contributed by atoms with Gasteiger partial charge in [0.2, 0.25) is 0 Å². The fourth-order valence-electron chi connectivity index (χ4n) is 2.17. The molecule has 0 aliphatic rings. The third kappa shape index (κ3) is 2.81. The number of rotatable bonds is 2. The monoisotopic (exact) mass is 293 g/mol. The zero-order chi connectivity index (χ0) is 14.8. The molecule has 0 aliphatic heterocycles. The number of imidazole rings is 1. The molecule has 0 saturated carbocycles. The quantitative estimate of drug-likeness (QED) is 0.703. The van der Waals surface area contributed by atoms with Crippen LogP contribution in [0.5, 0.6) is 0 Å². The molecule has 0 fully saturated rings. The molecule has 4 heteroatoms. The van der Waals surface area contributed by atoms with Gasteiger partial charge in [-0.25, -0.2) is 4.98 Å². The van der Waals surface area contributed by atoms with E-state index in [9.17, 15) is 5.26 Å². The highest BCUT2D eigenvalue weighted by Crippen LogP contribution is 2.21. The SMILES string of the molecule is Cc1ccc2nc(C(C#N)=Cc3cccc(Cl)c3)[nH]c2c1. The number of allylic oxidation sites excluding steroid dienone is 1. The third-order valence-corrected chi connectivity index (χ3v) is 3.41. The lowest BCUT2D eigenvalue weighted by Gasteiger charge is -1.96. The van der Waals surface area contributed by atoms with Crippen molar-refractivity contribution in [2.45, 2.75) is 6.92 Å². The Labute approximate surface area is 127 Å². The number of nitrogens with one attached hydrogen (secondary N) is 1. The van der Waals surface area contributed by atoms with E-state index in [2.05, 4.69) is 16.0 Å². The Hall–Kier alpha value is -2.57. The maximum Gasteiger partial charge on any atom is 0.149 e. The number of aromatic amines is 1. The number of H-pyrrole nitrogens is 1. The lowest BCUT2D eigenvalue weighted by atomic mass is 10.1. The van der Waals surface area contributed by atoms with Gasteiger partial charge in [-0.3, -0.25) is 0 Å². The Bertz CT molecular complexity index is 884. The lowest BCUT2D eigenvalue weighted by molar-refractivity contribution is 1.27. The molecule has 0 radical (unpaired) electrons. The van der Waals surface area contributed by atoms with Crippen molar-refractivity contribution in [3.05, 3.63) is 64.4 Å². The highest BCUT2D eigenvalue weighted by Gasteiger charge is 2.08. The molecule has 0 aliphatic carbocycles. The Morgan fingerprint density at radius 3 is 2.90 bits per heavy atom. The number of aromatic nitrogens is 2. The van der Waals surface area contributed by atoms with Gasteiger partial charge in [-0.2, -0.15) is 5.26 Å². The Morgan fingerprint density at radius 1 is 1.29 bits per heavy atom. The van der Waals surface area contributed by atoms with Gasteiger partial charge in [0, 0.05) is 5.02 Å². The molecular formula is C17H12ClN3. The lowest BCUT2D eigenvalue weighted by Crippen LogP contribution is -1.84. The first-order valence-electron chi connectivity index (χ1n) is 6.50. The molecule has 0 saturated heterocycles. The standard InChI is InChI=1S/C17H12ClN3/c1-11-5-6-15-16(7-11)21-17(20-15)13(10-19)8-12-3-2-4-14(18)9-12/h2-9H,1H3,(H,20,21). The summed E-state index contributed by atoms with van der Waals surface area (Å²) in [7, 11) is 0. The van der Waals surface area contributed by atoms with E-state index in [4.69, 9.17) is 11.6 Å². The second kappa shape index (κ2) is 5.43. The number of benzene rings is 2. The molecule has 3 rings (SSSR count). The van der Waals surface area contributed by atoms with Crippen LogP contribution in [0.25, 0.3) is 22.7 Å². The zero-order valence-electron chi connectivity index (χ0n) is 11.4. The maximum atomic E-state index is 9.38. The van der Waals surface area contributed by atoms with Crippen LogP contribution in [0.2, 0.25) is 5.02 Å². The number of hydrogen-bond acceptors (Lipinski definition) is 2. The average Bonchev–Trinajstić information content (AvgIpc) is 2.87. The minimum Gasteiger partial charge on any atom is -0.337 e. The van der Waals surface area contributed by atoms with Crippen LogP contribution in [-0.2, 0) is 0 Å². The predicted octanol–water partition coefficient (Wildman–Crippen LogP) is 4.59. The first kappa shape index (κ1) is 13.4. The van der Waals surface area contributed by atoms with E-state index in [0.717, 1.165) is 22.2 Å². The number of fused-ring (bicyclic) bond motifs is 1. The number of nitriles is 1. The van der Waals surface area contributed by atoms with Crippen molar-refractivity contribution in [3.63, 3.8) is 0 Å². The first-order valence-corrected chi connectivity index (χ1v) is 6.87. The summed E-state index contributed by atoms with van der Waals surface area (Å²) in [6, 6.07) is 15.5. The van der Waals surface area contributed by atoms with Crippen LogP contribution >= 0.6 is 11.6 Å². The fraction of sp³-hybridized carbons (Fsp3) is 0.0588. The zero-order valence-corrected chi connectivity index (χ0v) is 12.1. The van der Waals surface area contributed by atoms with Gasteiger partial charge in [-0.05, 0) is 48.4 Å². The van der Waals surface area contributed by atoms with Crippen LogP contribution in [0.3, 0.4) is 0 Å². The topological polar surface area (TPSA) is 52.5 Å². The summed E-state index contributed by atoms with van der Waals surface area (Å²) in [4.78, 5) is 7.65. The second-order valence-electron chi connectivity index (χ2n) is 4.83. The molecule has 0 unspecified atom stereocenters. The van der Waals surface area contributed by atoms with Crippen molar-refractivity contribution in [1.29, 1.82) is 5.26 Å². The summed E-state index contributed by atoms with van der Waals surface area (Å²) in [6.45, 7) is 2.02. The van der Waals surface area contributed by atoms with Gasteiger partial charge in [0.25, 0.3) is 0 Å². The van der Waals surface area contributed by atoms with E-state index in [1.165, 1.54) is 0 Å². The van der Waals surface area contributed by atoms with E-state index in [1.54, 1.807) is 12.1 Å². The highest BCUT2D eigenvalue weighted by atomic mass is 35.5. The highest BCUT2D eigenvalue weighted by molar-refractivity contribution is 6.30. The van der Waals surface area contributed by atoms with Gasteiger partial charge < -0.3 is 4.98 Å². The van der Waals surface area contributed by atoms with E-state index < -0.39 is 0 Å². The molecule has 3 aromatic rings. The van der Waals surface area contributed by atoms with E-state index in [-0.39, 0.29) is 0 Å². The van der Waals surface area contributed by atoms with E-state index in [1.807, 2.05) is 43.3 Å². The predicted molar refractivity (Wildman–Crippen MR) is 85.8 cm³/mol. The molecule has 102 valence electrons. The maximum absolute atomic E-state index is 9.38. The summed E-state index contributed by atoms with van der Waals surface area (Å²) >= 11 is 5.96. The van der Waals surface area contributed by atoms with Gasteiger partial charge in [-0.15, -0.1) is 0 Å². The largest absolute Gasteiger partial charge is 0.337 e. The Kier molecular flexibility index (Phi) is 3.47. The molecular weight excluding hydrogens is 282 g/mol. The summed E-state index contributed by atoms with van der Waals surface area (Å²) in [5, 5.41) is 10.0. The molecule has 1 N–H and O–H groups in total. The Balaban J connectivity index is 2.08. The average molecular weight is 294 g/mol. The molecule has 1 aromatic heterocycles. The van der Waals surface area contributed by atoms with Crippen LogP contribution in [0.4, 0.5) is 0 Å². The van der Waals surface area contributed by atoms with Gasteiger partial charge >= 0.3 is 0 Å².